The molecule has 22 heavy (non-hydrogen) atoms. The Morgan fingerprint density at radius 3 is 2.36 bits per heavy atom. The lowest BCUT2D eigenvalue weighted by Crippen LogP contribution is -2.03. The summed E-state index contributed by atoms with van der Waals surface area (Å²) in [6.07, 6.45) is 9.25. The molecule has 1 aromatic carbocycles. The molecule has 3 nitrogen and oxygen atoms in total. The second-order valence-electron chi connectivity index (χ2n) is 5.38. The van der Waals surface area contributed by atoms with Crippen molar-refractivity contribution in [1.29, 1.82) is 0 Å². The number of aromatic hydroxyl groups is 1. The number of oxime groups is 1. The summed E-state index contributed by atoms with van der Waals surface area (Å²) < 4.78 is 0. The highest BCUT2D eigenvalue weighted by Crippen LogP contribution is 2.32. The fraction of sp³-hybridized carbons (Fsp3) is 0.588. The number of hydrogen-bond acceptors (Lipinski definition) is 3. The summed E-state index contributed by atoms with van der Waals surface area (Å²) in [6.45, 7) is 2.22. The minimum atomic E-state index is 0.00446. The third-order valence-corrected chi connectivity index (χ3v) is 4.06. The van der Waals surface area contributed by atoms with Gasteiger partial charge in [-0.1, -0.05) is 73.8 Å². The predicted octanol–water partition coefficient (Wildman–Crippen LogP) is 6.19. The third-order valence-electron chi connectivity index (χ3n) is 3.56. The Balaban J connectivity index is 2.58. The highest BCUT2D eigenvalue weighted by Gasteiger charge is 2.14. The van der Waals surface area contributed by atoms with Gasteiger partial charge in [0.05, 0.1) is 10.7 Å². The van der Waals surface area contributed by atoms with Gasteiger partial charge in [0.1, 0.15) is 12.9 Å². The van der Waals surface area contributed by atoms with Crippen molar-refractivity contribution >= 4 is 28.9 Å². The number of phenolic OH excluding ortho intramolecular Hbond substituents is 1. The summed E-state index contributed by atoms with van der Waals surface area (Å²) in [6, 6.07) is 3.18. The summed E-state index contributed by atoms with van der Waals surface area (Å²) in [7, 11) is 1.49. The molecule has 124 valence electrons. The number of benzene rings is 1. The Kier molecular flexibility index (Phi) is 9.33. The lowest BCUT2D eigenvalue weighted by atomic mass is 10.0. The largest absolute Gasteiger partial charge is 0.506 e. The van der Waals surface area contributed by atoms with E-state index in [1.165, 1.54) is 45.3 Å². The maximum Gasteiger partial charge on any atom is 0.143 e. The zero-order valence-corrected chi connectivity index (χ0v) is 14.9. The number of nitrogens with zero attached hydrogens (tertiary/aromatic N) is 1. The van der Waals surface area contributed by atoms with Gasteiger partial charge in [-0.05, 0) is 25.0 Å². The van der Waals surface area contributed by atoms with E-state index in [1.807, 2.05) is 0 Å². The van der Waals surface area contributed by atoms with E-state index in [9.17, 15) is 5.11 Å². The van der Waals surface area contributed by atoms with E-state index in [2.05, 4.69) is 12.1 Å². The molecule has 0 unspecified atom stereocenters. The highest BCUT2D eigenvalue weighted by molar-refractivity contribution is 6.36. The molecular weight excluding hydrogens is 321 g/mol. The Morgan fingerprint density at radius 1 is 1.09 bits per heavy atom. The number of phenols is 1. The lowest BCUT2D eigenvalue weighted by molar-refractivity contribution is 0.212. The lowest BCUT2D eigenvalue weighted by Gasteiger charge is -2.10. The second kappa shape index (κ2) is 10.7. The van der Waals surface area contributed by atoms with Crippen LogP contribution in [0.3, 0.4) is 0 Å². The van der Waals surface area contributed by atoms with Gasteiger partial charge in [0.2, 0.25) is 0 Å². The monoisotopic (exact) mass is 345 g/mol. The molecule has 0 aliphatic carbocycles. The van der Waals surface area contributed by atoms with E-state index in [1.54, 1.807) is 6.07 Å². The summed E-state index contributed by atoms with van der Waals surface area (Å²) in [5.41, 5.74) is 1.23. The van der Waals surface area contributed by atoms with E-state index < -0.39 is 0 Å². The fourth-order valence-electron chi connectivity index (χ4n) is 2.38. The zero-order chi connectivity index (χ0) is 16.4. The van der Waals surface area contributed by atoms with Crippen LogP contribution in [0, 0.1) is 0 Å². The molecule has 0 atom stereocenters. The van der Waals surface area contributed by atoms with Gasteiger partial charge in [-0.25, -0.2) is 0 Å². The fourth-order valence-corrected chi connectivity index (χ4v) is 2.87. The second-order valence-corrected chi connectivity index (χ2v) is 6.22. The van der Waals surface area contributed by atoms with Crippen LogP contribution in [0.1, 0.15) is 63.9 Å². The summed E-state index contributed by atoms with van der Waals surface area (Å²) >= 11 is 12.0. The number of halogens is 2. The van der Waals surface area contributed by atoms with Gasteiger partial charge in [0.25, 0.3) is 0 Å². The summed E-state index contributed by atoms with van der Waals surface area (Å²) in [5, 5.41) is 14.8. The van der Waals surface area contributed by atoms with Gasteiger partial charge in [0.15, 0.2) is 0 Å². The maximum absolute atomic E-state index is 10.1. The summed E-state index contributed by atoms with van der Waals surface area (Å²) in [5.74, 6) is 0.00446. The minimum absolute atomic E-state index is 0.00446. The molecule has 1 N–H and O–H groups in total. The van der Waals surface area contributed by atoms with Crippen LogP contribution < -0.4 is 0 Å². The molecule has 1 aromatic rings. The zero-order valence-electron chi connectivity index (χ0n) is 13.4. The van der Waals surface area contributed by atoms with Crippen molar-refractivity contribution in [3.05, 3.63) is 27.7 Å². The molecule has 0 radical (unpaired) electrons. The van der Waals surface area contributed by atoms with Gasteiger partial charge in [-0.3, -0.25) is 0 Å². The molecule has 0 aliphatic heterocycles. The number of rotatable bonds is 10. The van der Waals surface area contributed by atoms with Crippen LogP contribution in [0.5, 0.6) is 5.75 Å². The van der Waals surface area contributed by atoms with E-state index in [0.717, 1.165) is 19.3 Å². The molecule has 0 bridgehead atoms. The molecule has 0 spiro atoms. The van der Waals surface area contributed by atoms with Gasteiger partial charge >= 0.3 is 0 Å². The van der Waals surface area contributed by atoms with Crippen molar-refractivity contribution in [3.63, 3.8) is 0 Å². The molecule has 0 amide bonds. The van der Waals surface area contributed by atoms with E-state index in [0.29, 0.717) is 16.3 Å². The standard InChI is InChI=1S/C17H25Cl2NO2/c1-3-4-5-6-7-8-9-10-16(20-22-2)14-11-13(18)12-15(19)17(14)21/h11-12,21H,3-10H2,1-2H3. The van der Waals surface area contributed by atoms with Gasteiger partial charge in [-0.15, -0.1) is 0 Å². The molecular formula is C17H25Cl2NO2. The van der Waals surface area contributed by atoms with Gasteiger partial charge in [-0.2, -0.15) is 0 Å². The molecule has 0 aliphatic rings. The number of hydrogen-bond donors (Lipinski definition) is 1. The SMILES string of the molecule is CCCCCCCCCC(=NOC)c1cc(Cl)cc(Cl)c1O. The first-order valence-electron chi connectivity index (χ1n) is 7.88. The molecule has 0 saturated heterocycles. The van der Waals surface area contributed by atoms with Gasteiger partial charge < -0.3 is 9.94 Å². The topological polar surface area (TPSA) is 41.8 Å². The van der Waals surface area contributed by atoms with Crippen LogP contribution in [0.2, 0.25) is 10.0 Å². The Morgan fingerprint density at radius 2 is 1.73 bits per heavy atom. The average molecular weight is 346 g/mol. The molecule has 0 aromatic heterocycles. The van der Waals surface area contributed by atoms with Gasteiger partial charge in [0, 0.05) is 10.6 Å². The van der Waals surface area contributed by atoms with Crippen LogP contribution in [0.15, 0.2) is 17.3 Å². The minimum Gasteiger partial charge on any atom is -0.506 e. The first-order chi connectivity index (χ1) is 10.6. The smallest absolute Gasteiger partial charge is 0.143 e. The Bertz CT molecular complexity index is 490. The molecule has 0 fully saturated rings. The Hall–Kier alpha value is -0.930. The molecule has 5 heteroatoms. The van der Waals surface area contributed by atoms with E-state index in [-0.39, 0.29) is 10.8 Å². The molecule has 1 rings (SSSR count). The van der Waals surface area contributed by atoms with Crippen LogP contribution in [0.25, 0.3) is 0 Å². The van der Waals surface area contributed by atoms with Crippen molar-refractivity contribution in [2.24, 2.45) is 5.16 Å². The average Bonchev–Trinajstić information content (AvgIpc) is 2.49. The quantitative estimate of drug-likeness (QED) is 0.312. The van der Waals surface area contributed by atoms with Crippen LogP contribution in [-0.4, -0.2) is 17.9 Å². The normalized spacial score (nSPS) is 11.7. The van der Waals surface area contributed by atoms with Crippen molar-refractivity contribution < 1.29 is 9.94 Å². The maximum atomic E-state index is 10.1. The summed E-state index contributed by atoms with van der Waals surface area (Å²) in [4.78, 5) is 4.89. The third kappa shape index (κ3) is 6.45. The Labute approximate surface area is 143 Å². The first-order valence-corrected chi connectivity index (χ1v) is 8.64. The van der Waals surface area contributed by atoms with Crippen molar-refractivity contribution in [2.45, 2.75) is 58.3 Å². The predicted molar refractivity (Wildman–Crippen MR) is 94.3 cm³/mol. The van der Waals surface area contributed by atoms with Crippen LogP contribution in [0.4, 0.5) is 0 Å². The van der Waals surface area contributed by atoms with Crippen LogP contribution in [-0.2, 0) is 4.84 Å². The number of unbranched alkanes of at least 4 members (excludes halogenated alkanes) is 6. The molecule has 0 saturated carbocycles. The first kappa shape index (κ1) is 19.1. The van der Waals surface area contributed by atoms with Crippen LogP contribution >= 0.6 is 23.2 Å². The van der Waals surface area contributed by atoms with Crippen molar-refractivity contribution in [3.8, 4) is 5.75 Å². The molecule has 0 heterocycles. The van der Waals surface area contributed by atoms with E-state index in [4.69, 9.17) is 28.0 Å². The highest BCUT2D eigenvalue weighted by atomic mass is 35.5. The van der Waals surface area contributed by atoms with Crippen molar-refractivity contribution in [2.75, 3.05) is 7.11 Å². The van der Waals surface area contributed by atoms with E-state index >= 15 is 0 Å². The van der Waals surface area contributed by atoms with Crippen molar-refractivity contribution in [1.82, 2.24) is 0 Å².